The predicted molar refractivity (Wildman–Crippen MR) is 67.3 cm³/mol. The van der Waals surface area contributed by atoms with E-state index in [1.165, 1.54) is 6.07 Å². The Bertz CT molecular complexity index is 394. The summed E-state index contributed by atoms with van der Waals surface area (Å²) < 4.78 is 0.547. The Hall–Kier alpha value is -1.20. The zero-order valence-electron chi connectivity index (χ0n) is 8.78. The van der Waals surface area contributed by atoms with Gasteiger partial charge in [-0.05, 0) is 34.5 Å². The van der Waals surface area contributed by atoms with Crippen molar-refractivity contribution in [3.8, 4) is 0 Å². The van der Waals surface area contributed by atoms with Gasteiger partial charge in [0.25, 0.3) is 5.69 Å². The molecule has 1 rings (SSSR count). The van der Waals surface area contributed by atoms with E-state index in [1.54, 1.807) is 6.07 Å². The third-order valence-electron chi connectivity index (χ3n) is 2.10. The molecule has 86 valence electrons. The highest BCUT2D eigenvalue weighted by Gasteiger charge is 2.13. The van der Waals surface area contributed by atoms with Gasteiger partial charge in [-0.15, -0.1) is 6.58 Å². The van der Waals surface area contributed by atoms with Crippen LogP contribution >= 0.6 is 15.9 Å². The number of nitro groups is 1. The number of hydrogen-bond acceptors (Lipinski definition) is 3. The third kappa shape index (κ3) is 3.43. The maximum Gasteiger partial charge on any atom is 0.283 e. The zero-order chi connectivity index (χ0) is 12.0. The van der Waals surface area contributed by atoms with E-state index in [2.05, 4.69) is 27.8 Å². The summed E-state index contributed by atoms with van der Waals surface area (Å²) in [4.78, 5) is 10.3. The Morgan fingerprint density at radius 2 is 2.31 bits per heavy atom. The Labute approximate surface area is 103 Å². The highest BCUT2D eigenvalue weighted by molar-refractivity contribution is 9.10. The van der Waals surface area contributed by atoms with E-state index in [0.717, 1.165) is 18.5 Å². The molecule has 0 saturated heterocycles. The van der Waals surface area contributed by atoms with Crippen LogP contribution in [0.15, 0.2) is 35.3 Å². The summed E-state index contributed by atoms with van der Waals surface area (Å²) in [7, 11) is 0. The molecule has 0 aromatic heterocycles. The van der Waals surface area contributed by atoms with Crippen molar-refractivity contribution in [2.75, 3.05) is 6.54 Å². The molecular weight excluding hydrogens is 272 g/mol. The molecule has 0 fully saturated rings. The maximum atomic E-state index is 10.7. The number of rotatable bonds is 6. The maximum absolute atomic E-state index is 10.7. The van der Waals surface area contributed by atoms with E-state index < -0.39 is 4.92 Å². The van der Waals surface area contributed by atoms with Crippen LogP contribution in [0.1, 0.15) is 12.0 Å². The molecule has 0 saturated carbocycles. The first kappa shape index (κ1) is 12.9. The quantitative estimate of drug-likeness (QED) is 0.378. The fraction of sp³-hybridized carbons (Fsp3) is 0.273. The molecular formula is C11H13BrN2O2. The Morgan fingerprint density at radius 1 is 1.56 bits per heavy atom. The molecule has 0 aliphatic carbocycles. The monoisotopic (exact) mass is 284 g/mol. The van der Waals surface area contributed by atoms with Crippen LogP contribution in [0.3, 0.4) is 0 Å². The van der Waals surface area contributed by atoms with E-state index in [4.69, 9.17) is 0 Å². The van der Waals surface area contributed by atoms with Gasteiger partial charge in [0.1, 0.15) is 0 Å². The molecule has 1 N–H and O–H groups in total. The fourth-order valence-corrected chi connectivity index (χ4v) is 1.82. The highest BCUT2D eigenvalue weighted by atomic mass is 79.9. The first-order valence-electron chi connectivity index (χ1n) is 4.90. The van der Waals surface area contributed by atoms with Crippen LogP contribution in [-0.2, 0) is 6.54 Å². The van der Waals surface area contributed by atoms with Crippen molar-refractivity contribution in [1.82, 2.24) is 5.32 Å². The van der Waals surface area contributed by atoms with Gasteiger partial charge in [-0.3, -0.25) is 10.1 Å². The average Bonchev–Trinajstić information content (AvgIpc) is 2.26. The normalized spacial score (nSPS) is 10.1. The van der Waals surface area contributed by atoms with E-state index >= 15 is 0 Å². The number of nitrogens with one attached hydrogen (secondary N) is 1. The first-order chi connectivity index (χ1) is 7.66. The Balaban J connectivity index is 2.69. The van der Waals surface area contributed by atoms with Gasteiger partial charge in [0, 0.05) is 12.6 Å². The smallest absolute Gasteiger partial charge is 0.283 e. The molecule has 16 heavy (non-hydrogen) atoms. The zero-order valence-corrected chi connectivity index (χ0v) is 10.4. The molecule has 0 aliphatic heterocycles. The van der Waals surface area contributed by atoms with E-state index in [-0.39, 0.29) is 5.69 Å². The van der Waals surface area contributed by atoms with Gasteiger partial charge in [-0.1, -0.05) is 18.2 Å². The van der Waals surface area contributed by atoms with Crippen LogP contribution < -0.4 is 5.32 Å². The van der Waals surface area contributed by atoms with E-state index in [1.807, 2.05) is 12.1 Å². The minimum Gasteiger partial charge on any atom is -0.312 e. The molecule has 4 nitrogen and oxygen atoms in total. The number of hydrogen-bond donors (Lipinski definition) is 1. The lowest BCUT2D eigenvalue weighted by Gasteiger charge is -2.05. The van der Waals surface area contributed by atoms with Gasteiger partial charge in [0.15, 0.2) is 0 Å². The minimum absolute atomic E-state index is 0.100. The highest BCUT2D eigenvalue weighted by Crippen LogP contribution is 2.27. The second-order valence-corrected chi connectivity index (χ2v) is 4.05. The molecule has 0 atom stereocenters. The molecule has 0 bridgehead atoms. The van der Waals surface area contributed by atoms with Crippen molar-refractivity contribution >= 4 is 21.6 Å². The summed E-state index contributed by atoms with van der Waals surface area (Å²) in [6, 6.07) is 5.03. The van der Waals surface area contributed by atoms with Gasteiger partial charge in [0.05, 0.1) is 9.40 Å². The van der Waals surface area contributed by atoms with Crippen molar-refractivity contribution in [2.45, 2.75) is 13.0 Å². The van der Waals surface area contributed by atoms with Crippen molar-refractivity contribution in [3.05, 3.63) is 51.0 Å². The van der Waals surface area contributed by atoms with E-state index in [0.29, 0.717) is 11.0 Å². The fourth-order valence-electron chi connectivity index (χ4n) is 1.27. The SMILES string of the molecule is C=CCCNCc1cccc([N+](=O)[O-])c1Br. The lowest BCUT2D eigenvalue weighted by atomic mass is 10.2. The molecule has 0 radical (unpaired) electrons. The van der Waals surface area contributed by atoms with Gasteiger partial charge >= 0.3 is 0 Å². The lowest BCUT2D eigenvalue weighted by molar-refractivity contribution is -0.385. The largest absolute Gasteiger partial charge is 0.312 e. The lowest BCUT2D eigenvalue weighted by Crippen LogP contribution is -2.14. The van der Waals surface area contributed by atoms with Gasteiger partial charge in [-0.2, -0.15) is 0 Å². The topological polar surface area (TPSA) is 55.2 Å². The molecule has 5 heteroatoms. The van der Waals surface area contributed by atoms with E-state index in [9.17, 15) is 10.1 Å². The van der Waals surface area contributed by atoms with Crippen LogP contribution in [0.25, 0.3) is 0 Å². The summed E-state index contributed by atoms with van der Waals surface area (Å²) in [5.41, 5.74) is 0.987. The predicted octanol–water partition coefficient (Wildman–Crippen LogP) is 3.02. The van der Waals surface area contributed by atoms with Crippen molar-refractivity contribution in [2.24, 2.45) is 0 Å². The standard InChI is InChI=1S/C11H13BrN2O2/c1-2-3-7-13-8-9-5-4-6-10(11(9)12)14(15)16/h2,4-6,13H,1,3,7-8H2. The number of nitro benzene ring substituents is 1. The van der Waals surface area contributed by atoms with Gasteiger partial charge < -0.3 is 5.32 Å². The van der Waals surface area contributed by atoms with Crippen LogP contribution in [0.4, 0.5) is 5.69 Å². The molecule has 0 unspecified atom stereocenters. The first-order valence-corrected chi connectivity index (χ1v) is 5.69. The number of halogens is 1. The second kappa shape index (κ2) is 6.40. The van der Waals surface area contributed by atoms with Crippen molar-refractivity contribution in [3.63, 3.8) is 0 Å². The molecule has 1 aromatic carbocycles. The van der Waals surface area contributed by atoms with Gasteiger partial charge in [0.2, 0.25) is 0 Å². The summed E-state index contributed by atoms with van der Waals surface area (Å²) in [6.07, 6.45) is 2.71. The molecule has 1 aromatic rings. The molecule has 0 amide bonds. The summed E-state index contributed by atoms with van der Waals surface area (Å²) in [6.45, 7) is 5.05. The van der Waals surface area contributed by atoms with Crippen molar-refractivity contribution in [1.29, 1.82) is 0 Å². The van der Waals surface area contributed by atoms with Crippen LogP contribution in [-0.4, -0.2) is 11.5 Å². The van der Waals surface area contributed by atoms with Crippen LogP contribution in [0.5, 0.6) is 0 Å². The summed E-state index contributed by atoms with van der Waals surface area (Å²) in [5, 5.41) is 13.9. The van der Waals surface area contributed by atoms with Crippen LogP contribution in [0.2, 0.25) is 0 Å². The van der Waals surface area contributed by atoms with Crippen molar-refractivity contribution < 1.29 is 4.92 Å². The Kier molecular flexibility index (Phi) is 5.14. The number of nitrogens with zero attached hydrogens (tertiary/aromatic N) is 1. The second-order valence-electron chi connectivity index (χ2n) is 3.26. The van der Waals surface area contributed by atoms with Gasteiger partial charge in [-0.25, -0.2) is 0 Å². The minimum atomic E-state index is -0.392. The molecule has 0 aliphatic rings. The average molecular weight is 285 g/mol. The molecule has 0 heterocycles. The van der Waals surface area contributed by atoms with Crippen LogP contribution in [0, 0.1) is 10.1 Å². The summed E-state index contributed by atoms with van der Waals surface area (Å²) in [5.74, 6) is 0. The Morgan fingerprint density at radius 3 is 2.94 bits per heavy atom. The number of benzene rings is 1. The molecule has 0 spiro atoms. The summed E-state index contributed by atoms with van der Waals surface area (Å²) >= 11 is 3.25. The third-order valence-corrected chi connectivity index (χ3v) is 3.01.